The van der Waals surface area contributed by atoms with Gasteiger partial charge in [0.1, 0.15) is 11.6 Å². The van der Waals surface area contributed by atoms with Gasteiger partial charge in [-0.25, -0.2) is 19.9 Å². The van der Waals surface area contributed by atoms with E-state index in [1.807, 2.05) is 148 Å². The van der Waals surface area contributed by atoms with Crippen LogP contribution in [0.4, 0.5) is 34.4 Å². The van der Waals surface area contributed by atoms with Gasteiger partial charge in [-0.3, -0.25) is 0 Å². The van der Waals surface area contributed by atoms with Crippen LogP contribution in [0.25, 0.3) is 22.3 Å². The molecule has 4 aromatic heterocycles. The maximum atomic E-state index is 9.95. The molecule has 10 rings (SSSR count). The third-order valence-electron chi connectivity index (χ3n) is 11.2. The summed E-state index contributed by atoms with van der Waals surface area (Å²) in [4.78, 5) is 25.2. The molecule has 0 fully saturated rings. The van der Waals surface area contributed by atoms with E-state index in [1.165, 1.54) is 33.4 Å². The van der Waals surface area contributed by atoms with Crippen LogP contribution < -0.4 is 19.6 Å². The molecule has 0 saturated heterocycles. The molecule has 8 aromatic rings. The average Bonchev–Trinajstić information content (AvgIpc) is 3.82. The molecule has 2 N–H and O–H groups in total. The zero-order valence-electron chi connectivity index (χ0n) is 40.0. The Morgan fingerprint density at radius 1 is 0.471 bits per heavy atom. The number of pyridine rings is 4. The molecule has 12 heteroatoms. The molecule has 352 valence electrons. The van der Waals surface area contributed by atoms with E-state index in [0.29, 0.717) is 0 Å². The van der Waals surface area contributed by atoms with E-state index in [9.17, 15) is 10.2 Å². The van der Waals surface area contributed by atoms with Gasteiger partial charge >= 0.3 is 42.1 Å². The molecule has 0 atom stereocenters. The van der Waals surface area contributed by atoms with E-state index >= 15 is 0 Å². The summed E-state index contributed by atoms with van der Waals surface area (Å²) in [7, 11) is 4.03. The molecular formula is C56H56N8O2Pt2. The molecule has 2 aliphatic rings. The van der Waals surface area contributed by atoms with Gasteiger partial charge in [0.05, 0.1) is 0 Å². The number of para-hydroxylation sites is 2. The van der Waals surface area contributed by atoms with Crippen LogP contribution >= 0.6 is 0 Å². The number of aromatic nitrogens is 4. The fourth-order valence-electron chi connectivity index (χ4n) is 8.38. The largest absolute Gasteiger partial charge is 2.00 e. The van der Waals surface area contributed by atoms with Crippen molar-refractivity contribution in [3.63, 3.8) is 0 Å². The monoisotopic (exact) mass is 1260 g/mol. The number of hydrogen-bond donors (Lipinski definition) is 2. The topological polar surface area (TPSA) is 105 Å². The van der Waals surface area contributed by atoms with Crippen molar-refractivity contribution >= 4 is 34.4 Å². The van der Waals surface area contributed by atoms with E-state index in [-0.39, 0.29) is 53.9 Å². The average molecular weight is 1260 g/mol. The van der Waals surface area contributed by atoms with E-state index in [1.54, 1.807) is 0 Å². The molecule has 0 saturated carbocycles. The Hall–Kier alpha value is -6.34. The van der Waals surface area contributed by atoms with Crippen LogP contribution in [0.1, 0.15) is 44.8 Å². The smallest absolute Gasteiger partial charge is 0.502 e. The van der Waals surface area contributed by atoms with Crippen LogP contribution in [0.15, 0.2) is 134 Å². The second-order valence-corrected chi connectivity index (χ2v) is 16.6. The number of anilines is 6. The molecule has 0 unspecified atom stereocenters. The number of fused-ring (bicyclic) bond motifs is 2. The molecule has 0 bridgehead atoms. The molecule has 0 aliphatic carbocycles. The van der Waals surface area contributed by atoms with Crippen molar-refractivity contribution in [2.45, 2.75) is 55.4 Å². The number of aromatic hydroxyl groups is 2. The van der Waals surface area contributed by atoms with Crippen LogP contribution in [-0.4, -0.2) is 44.2 Å². The van der Waals surface area contributed by atoms with Crippen molar-refractivity contribution in [1.29, 1.82) is 0 Å². The third kappa shape index (κ3) is 12.2. The SMILES string of the molecule is CN1[CH-]N(c2[c-]cccc2)c2ncccc21.CN1[CH-]N(c2[c-]cccc2)c2ncccc21.Cc1cc(C)c(-c2ccc(C)nc2O)c(C)c1.Cc1cc(C)c(-c2ccc(C)nc2O)c(C)c1.[Pt+2].[Pt+2]. The summed E-state index contributed by atoms with van der Waals surface area (Å²) in [6, 6.07) is 46.4. The van der Waals surface area contributed by atoms with Crippen molar-refractivity contribution in [1.82, 2.24) is 19.9 Å². The Morgan fingerprint density at radius 2 is 0.838 bits per heavy atom. The Labute approximate surface area is 430 Å². The summed E-state index contributed by atoms with van der Waals surface area (Å²) < 4.78 is 0. The van der Waals surface area contributed by atoms with Crippen molar-refractivity contribution < 1.29 is 52.3 Å². The van der Waals surface area contributed by atoms with E-state index < -0.39 is 0 Å². The standard InChI is InChI=1S/2C15H17NO.2C13H11N3.2Pt/c2*1-9-7-10(2)14(11(3)8-9)13-6-5-12(4)16-15(13)17;2*1-15-10-16(11-6-3-2-4-7-11)13-12(15)8-5-9-14-13;;/h2*5-8H,1-4H3,(H,16,17);2*2-6,8-10H,1H3;;/q;;2*-2;2*+2. The Morgan fingerprint density at radius 3 is 1.16 bits per heavy atom. The number of benzene rings is 4. The van der Waals surface area contributed by atoms with Crippen molar-refractivity contribution in [2.75, 3.05) is 33.7 Å². The van der Waals surface area contributed by atoms with Crippen LogP contribution in [0.3, 0.4) is 0 Å². The van der Waals surface area contributed by atoms with Gasteiger partial charge in [0, 0.05) is 46.3 Å². The first-order valence-corrected chi connectivity index (χ1v) is 21.8. The Bertz CT molecular complexity index is 2710. The molecule has 0 amide bonds. The summed E-state index contributed by atoms with van der Waals surface area (Å²) in [5.74, 6) is 2.13. The fourth-order valence-corrected chi connectivity index (χ4v) is 8.38. The van der Waals surface area contributed by atoms with Crippen molar-refractivity contribution in [3.8, 4) is 34.0 Å². The third-order valence-corrected chi connectivity index (χ3v) is 11.2. The Balaban J connectivity index is 0.000000168. The first kappa shape index (κ1) is 52.6. The molecule has 6 heterocycles. The van der Waals surface area contributed by atoms with Gasteiger partial charge in [-0.2, -0.15) is 74.0 Å². The molecule has 0 spiro atoms. The van der Waals surface area contributed by atoms with Gasteiger partial charge in [0.2, 0.25) is 11.8 Å². The molecule has 10 nitrogen and oxygen atoms in total. The van der Waals surface area contributed by atoms with Gasteiger partial charge in [-0.15, -0.1) is 11.4 Å². The van der Waals surface area contributed by atoms with Gasteiger partial charge in [0.25, 0.3) is 0 Å². The molecule has 2 aliphatic heterocycles. The minimum absolute atomic E-state index is 0. The van der Waals surface area contributed by atoms with Crippen molar-refractivity contribution in [2.24, 2.45) is 0 Å². The summed E-state index contributed by atoms with van der Waals surface area (Å²) in [6.45, 7) is 20.2. The predicted octanol–water partition coefficient (Wildman–Crippen LogP) is 12.5. The summed E-state index contributed by atoms with van der Waals surface area (Å²) in [5.41, 5.74) is 16.8. The maximum Gasteiger partial charge on any atom is 2.00 e. The number of hydrogen-bond acceptors (Lipinski definition) is 10. The molecule has 68 heavy (non-hydrogen) atoms. The van der Waals surface area contributed by atoms with Crippen molar-refractivity contribution in [3.05, 3.63) is 204 Å². The van der Waals surface area contributed by atoms with Crippen LogP contribution in [0.2, 0.25) is 0 Å². The van der Waals surface area contributed by atoms with E-state index in [2.05, 4.69) is 120 Å². The van der Waals surface area contributed by atoms with Crippen LogP contribution in [0, 0.1) is 80.9 Å². The minimum atomic E-state index is 0. The number of rotatable bonds is 4. The number of nitrogens with zero attached hydrogens (tertiary/aromatic N) is 8. The van der Waals surface area contributed by atoms with Gasteiger partial charge < -0.3 is 29.8 Å². The summed E-state index contributed by atoms with van der Waals surface area (Å²) in [5, 5.41) is 19.9. The predicted molar refractivity (Wildman–Crippen MR) is 269 cm³/mol. The molecule has 0 radical (unpaired) electrons. The van der Waals surface area contributed by atoms with Gasteiger partial charge in [-0.05, 0) is 151 Å². The zero-order chi connectivity index (χ0) is 47.1. The maximum absolute atomic E-state index is 9.95. The van der Waals surface area contributed by atoms with E-state index in [4.69, 9.17) is 0 Å². The van der Waals surface area contributed by atoms with Gasteiger partial charge in [-0.1, -0.05) is 35.4 Å². The quantitative estimate of drug-likeness (QED) is 0.166. The number of aryl methyl sites for hydroxylation is 8. The normalized spacial score (nSPS) is 11.9. The van der Waals surface area contributed by atoms with Gasteiger partial charge in [0.15, 0.2) is 0 Å². The van der Waals surface area contributed by atoms with Crippen LogP contribution in [0.5, 0.6) is 11.8 Å². The summed E-state index contributed by atoms with van der Waals surface area (Å²) >= 11 is 0. The first-order valence-electron chi connectivity index (χ1n) is 21.8. The molecule has 4 aromatic carbocycles. The first-order chi connectivity index (χ1) is 31.7. The second kappa shape index (κ2) is 23.6. The minimum Gasteiger partial charge on any atom is -0.502 e. The second-order valence-electron chi connectivity index (χ2n) is 16.6. The Kier molecular flexibility index (Phi) is 18.3. The van der Waals surface area contributed by atoms with E-state index in [0.717, 1.165) is 68.0 Å². The summed E-state index contributed by atoms with van der Waals surface area (Å²) in [6.07, 6.45) is 3.61. The van der Waals surface area contributed by atoms with Crippen LogP contribution in [-0.2, 0) is 42.1 Å². The fraction of sp³-hybridized carbons (Fsp3) is 0.179. The molecular weight excluding hydrogens is 1210 g/mol. The zero-order valence-corrected chi connectivity index (χ0v) is 44.5.